The molecule has 1 heterocycles. The molecule has 0 bridgehead atoms. The monoisotopic (exact) mass is 346 g/mol. The van der Waals surface area contributed by atoms with Gasteiger partial charge in [-0.2, -0.15) is 0 Å². The second-order valence-electron chi connectivity index (χ2n) is 5.19. The molecule has 2 aromatic rings. The minimum Gasteiger partial charge on any atom is -0.495 e. The fourth-order valence-electron chi connectivity index (χ4n) is 2.28. The molecule has 1 aromatic heterocycles. The largest absolute Gasteiger partial charge is 0.495 e. The lowest BCUT2D eigenvalue weighted by molar-refractivity contribution is -0.116. The Morgan fingerprint density at radius 3 is 2.54 bits per heavy atom. The number of nitrogens with one attached hydrogen (secondary N) is 1. The van der Waals surface area contributed by atoms with E-state index in [1.165, 1.54) is 16.2 Å². The van der Waals surface area contributed by atoms with E-state index in [1.807, 2.05) is 31.2 Å². The smallest absolute Gasteiger partial charge is 0.264 e. The van der Waals surface area contributed by atoms with E-state index in [1.54, 1.807) is 19.2 Å². The summed E-state index contributed by atoms with van der Waals surface area (Å²) in [4.78, 5) is 28.2. The first-order valence-electron chi connectivity index (χ1n) is 7.89. The molecule has 0 fully saturated rings. The summed E-state index contributed by atoms with van der Waals surface area (Å²) >= 11 is 1.48. The van der Waals surface area contributed by atoms with Gasteiger partial charge in [0.2, 0.25) is 5.91 Å². The number of aryl methyl sites for hydroxylation is 1. The van der Waals surface area contributed by atoms with E-state index in [0.717, 1.165) is 11.3 Å². The van der Waals surface area contributed by atoms with E-state index in [0.29, 0.717) is 22.9 Å². The van der Waals surface area contributed by atoms with Gasteiger partial charge in [-0.05, 0) is 37.6 Å². The Labute approximate surface area is 146 Å². The Bertz CT molecular complexity index is 712. The van der Waals surface area contributed by atoms with Crippen LogP contribution in [0.3, 0.4) is 0 Å². The first-order chi connectivity index (χ1) is 11.6. The van der Waals surface area contributed by atoms with E-state index in [-0.39, 0.29) is 18.4 Å². The van der Waals surface area contributed by atoms with Crippen molar-refractivity contribution in [1.82, 2.24) is 4.90 Å². The van der Waals surface area contributed by atoms with Crippen LogP contribution in [0.2, 0.25) is 0 Å². The number of nitrogens with zero attached hydrogens (tertiary/aromatic N) is 1. The zero-order valence-electron chi connectivity index (χ0n) is 14.2. The van der Waals surface area contributed by atoms with E-state index in [9.17, 15) is 9.59 Å². The summed E-state index contributed by atoms with van der Waals surface area (Å²) in [6.45, 7) is 4.39. The molecule has 0 aliphatic carbocycles. The van der Waals surface area contributed by atoms with Crippen molar-refractivity contribution in [2.45, 2.75) is 20.3 Å². The molecule has 0 saturated heterocycles. The fraction of sp³-hybridized carbons (Fsp3) is 0.333. The van der Waals surface area contributed by atoms with Gasteiger partial charge in [0.1, 0.15) is 12.3 Å². The van der Waals surface area contributed by atoms with Gasteiger partial charge in [0.25, 0.3) is 5.91 Å². The highest BCUT2D eigenvalue weighted by molar-refractivity contribution is 7.14. The van der Waals surface area contributed by atoms with Crippen LogP contribution in [0, 0.1) is 0 Å². The molecular weight excluding hydrogens is 324 g/mol. The summed E-state index contributed by atoms with van der Waals surface area (Å²) < 4.78 is 5.22. The summed E-state index contributed by atoms with van der Waals surface area (Å²) in [5.74, 6) is 0.227. The molecule has 0 atom stereocenters. The number of likely N-dealkylation sites (N-methyl/N-ethyl adjacent to an activating group) is 1. The number of hydrogen-bond donors (Lipinski definition) is 1. The number of rotatable bonds is 7. The Morgan fingerprint density at radius 2 is 1.92 bits per heavy atom. The van der Waals surface area contributed by atoms with Crippen LogP contribution in [0.15, 0.2) is 36.4 Å². The zero-order chi connectivity index (χ0) is 17.5. The number of ether oxygens (including phenoxy) is 1. The summed E-state index contributed by atoms with van der Waals surface area (Å²) in [6.07, 6.45) is 0.901. The highest BCUT2D eigenvalue weighted by Crippen LogP contribution is 2.23. The molecule has 1 N–H and O–H groups in total. The van der Waals surface area contributed by atoms with Gasteiger partial charge in [0.05, 0.1) is 17.7 Å². The zero-order valence-corrected chi connectivity index (χ0v) is 15.0. The van der Waals surface area contributed by atoms with Gasteiger partial charge in [-0.3, -0.25) is 9.59 Å². The number of carbonyl (C=O) groups excluding carboxylic acids is 2. The van der Waals surface area contributed by atoms with Crippen molar-refractivity contribution in [2.24, 2.45) is 0 Å². The van der Waals surface area contributed by atoms with Crippen molar-refractivity contribution in [2.75, 3.05) is 25.5 Å². The molecule has 0 unspecified atom stereocenters. The highest BCUT2D eigenvalue weighted by atomic mass is 32.1. The number of amides is 2. The van der Waals surface area contributed by atoms with Crippen molar-refractivity contribution < 1.29 is 14.3 Å². The van der Waals surface area contributed by atoms with E-state index in [4.69, 9.17) is 4.74 Å². The lowest BCUT2D eigenvalue weighted by atomic mass is 10.3. The molecule has 6 heteroatoms. The summed E-state index contributed by atoms with van der Waals surface area (Å²) in [5.41, 5.74) is 0.595. The van der Waals surface area contributed by atoms with Crippen LogP contribution in [0.25, 0.3) is 0 Å². The summed E-state index contributed by atoms with van der Waals surface area (Å²) in [7, 11) is 1.55. The third-order valence-electron chi connectivity index (χ3n) is 3.61. The van der Waals surface area contributed by atoms with Gasteiger partial charge < -0.3 is 15.0 Å². The van der Waals surface area contributed by atoms with E-state index in [2.05, 4.69) is 12.2 Å². The predicted octanol–water partition coefficient (Wildman–Crippen LogP) is 3.42. The van der Waals surface area contributed by atoms with Crippen molar-refractivity contribution in [3.8, 4) is 5.75 Å². The molecule has 0 aliphatic heterocycles. The SMILES string of the molecule is CCc1ccc(C(=O)N(CC)CC(=O)Nc2ccccc2OC)s1. The number of methoxy groups -OCH3 is 1. The molecule has 2 rings (SSSR count). The van der Waals surface area contributed by atoms with Crippen LogP contribution in [0.5, 0.6) is 5.75 Å². The summed E-state index contributed by atoms with van der Waals surface area (Å²) in [6, 6.07) is 11.0. The van der Waals surface area contributed by atoms with Gasteiger partial charge in [-0.15, -0.1) is 11.3 Å². The maximum Gasteiger partial charge on any atom is 0.264 e. The van der Waals surface area contributed by atoms with Crippen LogP contribution in [-0.4, -0.2) is 36.9 Å². The molecule has 24 heavy (non-hydrogen) atoms. The molecule has 0 aliphatic rings. The molecule has 1 aromatic carbocycles. The van der Waals surface area contributed by atoms with Gasteiger partial charge in [-0.25, -0.2) is 0 Å². The third kappa shape index (κ3) is 4.35. The third-order valence-corrected chi connectivity index (χ3v) is 4.82. The molecular formula is C18H22N2O3S. The number of hydrogen-bond acceptors (Lipinski definition) is 4. The molecule has 0 radical (unpaired) electrons. The fourth-order valence-corrected chi connectivity index (χ4v) is 3.19. The van der Waals surface area contributed by atoms with Crippen LogP contribution in [-0.2, 0) is 11.2 Å². The van der Waals surface area contributed by atoms with Crippen molar-refractivity contribution in [3.05, 3.63) is 46.2 Å². The average Bonchev–Trinajstić information content (AvgIpc) is 3.08. The Balaban J connectivity index is 2.03. The highest BCUT2D eigenvalue weighted by Gasteiger charge is 2.19. The Kier molecular flexibility index (Phi) is 6.37. The molecule has 5 nitrogen and oxygen atoms in total. The lowest BCUT2D eigenvalue weighted by Crippen LogP contribution is -2.37. The number of anilines is 1. The van der Waals surface area contributed by atoms with E-state index < -0.39 is 0 Å². The van der Waals surface area contributed by atoms with Crippen LogP contribution < -0.4 is 10.1 Å². The Morgan fingerprint density at radius 1 is 1.17 bits per heavy atom. The van der Waals surface area contributed by atoms with Gasteiger partial charge in [0, 0.05) is 11.4 Å². The maximum atomic E-state index is 12.5. The normalized spacial score (nSPS) is 10.3. The van der Waals surface area contributed by atoms with Crippen molar-refractivity contribution >= 4 is 28.8 Å². The molecule has 128 valence electrons. The number of carbonyl (C=O) groups is 2. The van der Waals surface area contributed by atoms with Crippen LogP contribution >= 0.6 is 11.3 Å². The lowest BCUT2D eigenvalue weighted by Gasteiger charge is -2.20. The number of benzene rings is 1. The topological polar surface area (TPSA) is 58.6 Å². The summed E-state index contributed by atoms with van der Waals surface area (Å²) in [5, 5.41) is 2.79. The maximum absolute atomic E-state index is 12.5. The van der Waals surface area contributed by atoms with Crippen molar-refractivity contribution in [3.63, 3.8) is 0 Å². The van der Waals surface area contributed by atoms with Crippen LogP contribution in [0.4, 0.5) is 5.69 Å². The molecule has 2 amide bonds. The minimum atomic E-state index is -0.248. The number of thiophene rings is 1. The predicted molar refractivity (Wildman–Crippen MR) is 96.9 cm³/mol. The molecule has 0 saturated carbocycles. The standard InChI is InChI=1S/C18H22N2O3S/c1-4-13-10-11-16(24-13)18(22)20(5-2)12-17(21)19-14-8-6-7-9-15(14)23-3/h6-11H,4-5,12H2,1-3H3,(H,19,21). The van der Waals surface area contributed by atoms with Gasteiger partial charge in [0.15, 0.2) is 0 Å². The second-order valence-corrected chi connectivity index (χ2v) is 6.36. The average molecular weight is 346 g/mol. The second kappa shape index (κ2) is 8.49. The number of para-hydroxylation sites is 2. The first-order valence-corrected chi connectivity index (χ1v) is 8.71. The van der Waals surface area contributed by atoms with Gasteiger partial charge >= 0.3 is 0 Å². The molecule has 0 spiro atoms. The van der Waals surface area contributed by atoms with Gasteiger partial charge in [-0.1, -0.05) is 19.1 Å². The van der Waals surface area contributed by atoms with Crippen LogP contribution in [0.1, 0.15) is 28.4 Å². The quantitative estimate of drug-likeness (QED) is 0.836. The Hall–Kier alpha value is -2.34. The first kappa shape index (κ1) is 18.0. The van der Waals surface area contributed by atoms with Crippen molar-refractivity contribution in [1.29, 1.82) is 0 Å². The minimum absolute atomic E-state index is 0.00669. The van der Waals surface area contributed by atoms with E-state index >= 15 is 0 Å².